The average molecular weight is 110 g/mol. The molecule has 0 aromatic heterocycles. The molecule has 0 aromatic rings. The molecule has 0 N–H and O–H groups in total. The van der Waals surface area contributed by atoms with Gasteiger partial charge in [-0.15, -0.1) is 0 Å². The maximum absolute atomic E-state index is 1.56. The molecule has 0 atom stereocenters. The van der Waals surface area contributed by atoms with Crippen LogP contribution in [0.15, 0.2) is 0 Å². The highest BCUT2D eigenvalue weighted by Gasteiger charge is 2.38. The standard InChI is InChI=1S/C8H14/c1-2-5-8(4-1)6-3-7-8/h1-7H2. The predicted molar refractivity (Wildman–Crippen MR) is 34.8 cm³/mol. The summed E-state index contributed by atoms with van der Waals surface area (Å²) < 4.78 is 0. The summed E-state index contributed by atoms with van der Waals surface area (Å²) in [6.45, 7) is 0. The minimum atomic E-state index is 0.917. The van der Waals surface area contributed by atoms with E-state index in [0.717, 1.165) is 5.41 Å². The van der Waals surface area contributed by atoms with E-state index < -0.39 is 0 Å². The third kappa shape index (κ3) is 0.519. The van der Waals surface area contributed by atoms with Crippen LogP contribution in [0, 0.1) is 5.41 Å². The summed E-state index contributed by atoms with van der Waals surface area (Å²) >= 11 is 0. The molecule has 0 heterocycles. The summed E-state index contributed by atoms with van der Waals surface area (Å²) in [5, 5.41) is 0. The van der Waals surface area contributed by atoms with E-state index in [1.54, 1.807) is 25.7 Å². The number of hydrogen-bond donors (Lipinski definition) is 0. The highest BCUT2D eigenvalue weighted by atomic mass is 14.4. The van der Waals surface area contributed by atoms with E-state index in [2.05, 4.69) is 0 Å². The van der Waals surface area contributed by atoms with Crippen molar-refractivity contribution in [1.29, 1.82) is 0 Å². The van der Waals surface area contributed by atoms with Gasteiger partial charge in [-0.05, 0) is 31.1 Å². The van der Waals surface area contributed by atoms with Crippen molar-refractivity contribution in [1.82, 2.24) is 0 Å². The first-order valence-electron chi connectivity index (χ1n) is 3.91. The van der Waals surface area contributed by atoms with Crippen molar-refractivity contribution in [2.75, 3.05) is 0 Å². The Morgan fingerprint density at radius 2 is 1.12 bits per heavy atom. The van der Waals surface area contributed by atoms with Crippen LogP contribution in [0.3, 0.4) is 0 Å². The van der Waals surface area contributed by atoms with Crippen LogP contribution < -0.4 is 0 Å². The van der Waals surface area contributed by atoms with Crippen molar-refractivity contribution in [3.8, 4) is 0 Å². The van der Waals surface area contributed by atoms with Crippen LogP contribution >= 0.6 is 0 Å². The molecule has 2 saturated carbocycles. The third-order valence-corrected chi connectivity index (χ3v) is 3.08. The van der Waals surface area contributed by atoms with E-state index in [4.69, 9.17) is 0 Å². The number of hydrogen-bond acceptors (Lipinski definition) is 0. The van der Waals surface area contributed by atoms with Crippen molar-refractivity contribution in [2.45, 2.75) is 44.9 Å². The van der Waals surface area contributed by atoms with Crippen molar-refractivity contribution < 1.29 is 0 Å². The zero-order chi connectivity index (χ0) is 5.45. The molecule has 0 aromatic carbocycles. The summed E-state index contributed by atoms with van der Waals surface area (Å²) in [6, 6.07) is 0. The smallest absolute Gasteiger partial charge is 0.0297 e. The minimum Gasteiger partial charge on any atom is -0.0528 e. The van der Waals surface area contributed by atoms with Crippen LogP contribution in [0.1, 0.15) is 44.9 Å². The second-order valence-electron chi connectivity index (χ2n) is 3.56. The van der Waals surface area contributed by atoms with Gasteiger partial charge < -0.3 is 0 Å². The first kappa shape index (κ1) is 4.84. The zero-order valence-corrected chi connectivity index (χ0v) is 5.45. The molecular formula is C8H14. The molecule has 0 bridgehead atoms. The van der Waals surface area contributed by atoms with Crippen molar-refractivity contribution in [2.24, 2.45) is 5.41 Å². The van der Waals surface area contributed by atoms with Gasteiger partial charge in [-0.2, -0.15) is 0 Å². The Bertz CT molecular complexity index is 82.2. The number of rotatable bonds is 0. The molecule has 0 amide bonds. The summed E-state index contributed by atoms with van der Waals surface area (Å²) in [4.78, 5) is 0. The van der Waals surface area contributed by atoms with Gasteiger partial charge in [-0.25, -0.2) is 0 Å². The molecule has 2 aliphatic rings. The van der Waals surface area contributed by atoms with Gasteiger partial charge in [0.1, 0.15) is 0 Å². The Morgan fingerprint density at radius 3 is 1.38 bits per heavy atom. The van der Waals surface area contributed by atoms with E-state index >= 15 is 0 Å². The van der Waals surface area contributed by atoms with Crippen LogP contribution in [0.5, 0.6) is 0 Å². The van der Waals surface area contributed by atoms with Gasteiger partial charge in [-0.3, -0.25) is 0 Å². The van der Waals surface area contributed by atoms with E-state index in [9.17, 15) is 0 Å². The van der Waals surface area contributed by atoms with Crippen molar-refractivity contribution in [3.05, 3.63) is 0 Å². The molecular weight excluding hydrogens is 96.1 g/mol. The fraction of sp³-hybridized carbons (Fsp3) is 1.00. The lowest BCUT2D eigenvalue weighted by Crippen LogP contribution is -2.24. The molecule has 0 nitrogen and oxygen atoms in total. The minimum absolute atomic E-state index is 0.917. The van der Waals surface area contributed by atoms with E-state index in [0.29, 0.717) is 0 Å². The average Bonchev–Trinajstić information content (AvgIpc) is 2.07. The normalized spacial score (nSPS) is 33.0. The van der Waals surface area contributed by atoms with Gasteiger partial charge >= 0.3 is 0 Å². The first-order chi connectivity index (χ1) is 3.91. The second kappa shape index (κ2) is 1.49. The molecule has 0 heteroatoms. The molecule has 2 rings (SSSR count). The molecule has 0 unspecified atom stereocenters. The van der Waals surface area contributed by atoms with Crippen LogP contribution in [0.2, 0.25) is 0 Å². The molecule has 0 aliphatic heterocycles. The molecule has 46 valence electrons. The van der Waals surface area contributed by atoms with Gasteiger partial charge in [0.25, 0.3) is 0 Å². The van der Waals surface area contributed by atoms with Crippen LogP contribution in [0.25, 0.3) is 0 Å². The van der Waals surface area contributed by atoms with E-state index in [-0.39, 0.29) is 0 Å². The lowest BCUT2D eigenvalue weighted by Gasteiger charge is -2.38. The lowest BCUT2D eigenvalue weighted by molar-refractivity contribution is 0.144. The predicted octanol–water partition coefficient (Wildman–Crippen LogP) is 2.73. The van der Waals surface area contributed by atoms with E-state index in [1.165, 1.54) is 19.3 Å². The Balaban J connectivity index is 2.01. The molecule has 2 fully saturated rings. The second-order valence-corrected chi connectivity index (χ2v) is 3.56. The van der Waals surface area contributed by atoms with Gasteiger partial charge in [0, 0.05) is 0 Å². The Kier molecular flexibility index (Phi) is 0.902. The summed E-state index contributed by atoms with van der Waals surface area (Å²) in [7, 11) is 0. The van der Waals surface area contributed by atoms with Gasteiger partial charge in [0.15, 0.2) is 0 Å². The summed E-state index contributed by atoms with van der Waals surface area (Å²) in [6.07, 6.45) is 10.8. The Morgan fingerprint density at radius 1 is 0.625 bits per heavy atom. The molecule has 2 aliphatic carbocycles. The topological polar surface area (TPSA) is 0 Å². The third-order valence-electron chi connectivity index (χ3n) is 3.08. The first-order valence-corrected chi connectivity index (χ1v) is 3.91. The molecule has 0 radical (unpaired) electrons. The van der Waals surface area contributed by atoms with Crippen molar-refractivity contribution >= 4 is 0 Å². The largest absolute Gasteiger partial charge is 0.0528 e. The highest BCUT2D eigenvalue weighted by molar-refractivity contribution is 4.90. The maximum Gasteiger partial charge on any atom is -0.0297 e. The van der Waals surface area contributed by atoms with Crippen LogP contribution in [0.4, 0.5) is 0 Å². The molecule has 0 saturated heterocycles. The zero-order valence-electron chi connectivity index (χ0n) is 5.45. The highest BCUT2D eigenvalue weighted by Crippen LogP contribution is 2.52. The van der Waals surface area contributed by atoms with Gasteiger partial charge in [-0.1, -0.05) is 19.3 Å². The quantitative estimate of drug-likeness (QED) is 0.449. The van der Waals surface area contributed by atoms with Crippen LogP contribution in [-0.4, -0.2) is 0 Å². The van der Waals surface area contributed by atoms with Gasteiger partial charge in [0.05, 0.1) is 0 Å². The SMILES string of the molecule is C1CCC2(C1)CCC2. The summed E-state index contributed by atoms with van der Waals surface area (Å²) in [5.74, 6) is 0. The van der Waals surface area contributed by atoms with E-state index in [1.807, 2.05) is 0 Å². The molecule has 1 spiro atoms. The Labute approximate surface area is 51.3 Å². The lowest BCUT2D eigenvalue weighted by atomic mass is 9.68. The van der Waals surface area contributed by atoms with Crippen molar-refractivity contribution in [3.63, 3.8) is 0 Å². The van der Waals surface area contributed by atoms with Crippen LogP contribution in [-0.2, 0) is 0 Å². The monoisotopic (exact) mass is 110 g/mol. The maximum atomic E-state index is 1.56. The van der Waals surface area contributed by atoms with Gasteiger partial charge in [0.2, 0.25) is 0 Å². The summed E-state index contributed by atoms with van der Waals surface area (Å²) in [5.41, 5.74) is 0.917. The Hall–Kier alpha value is 0. The fourth-order valence-corrected chi connectivity index (χ4v) is 2.30. The molecule has 8 heavy (non-hydrogen) atoms. The fourth-order valence-electron chi connectivity index (χ4n) is 2.30.